The summed E-state index contributed by atoms with van der Waals surface area (Å²) in [6.45, 7) is 5.86. The molecule has 0 aliphatic carbocycles. The van der Waals surface area contributed by atoms with Crippen LogP contribution in [0.3, 0.4) is 0 Å². The van der Waals surface area contributed by atoms with Crippen LogP contribution in [0.15, 0.2) is 48.5 Å². The van der Waals surface area contributed by atoms with Gasteiger partial charge in [0.15, 0.2) is 0 Å². The van der Waals surface area contributed by atoms with Gasteiger partial charge in [0.25, 0.3) is 5.91 Å². The Balaban J connectivity index is 2.05. The van der Waals surface area contributed by atoms with Crippen molar-refractivity contribution in [3.8, 4) is 0 Å². The van der Waals surface area contributed by atoms with Gasteiger partial charge in [0.1, 0.15) is 5.82 Å². The number of para-hydroxylation sites is 1. The number of carbonyl (C=O) groups is 1. The lowest BCUT2D eigenvalue weighted by atomic mass is 10.0. The summed E-state index contributed by atoms with van der Waals surface area (Å²) in [5, 5.41) is 3.43. The van der Waals surface area contributed by atoms with Crippen molar-refractivity contribution in [2.24, 2.45) is 0 Å². The summed E-state index contributed by atoms with van der Waals surface area (Å²) in [6, 6.07) is 14.0. The molecule has 0 fully saturated rings. The molecule has 3 nitrogen and oxygen atoms in total. The first-order valence-corrected chi connectivity index (χ1v) is 7.93. The van der Waals surface area contributed by atoms with Crippen molar-refractivity contribution in [2.45, 2.75) is 26.7 Å². The van der Waals surface area contributed by atoms with Crippen LogP contribution in [0, 0.1) is 12.7 Å². The first kappa shape index (κ1) is 16.1. The van der Waals surface area contributed by atoms with Crippen LogP contribution in [0.25, 0.3) is 10.9 Å². The van der Waals surface area contributed by atoms with Gasteiger partial charge in [-0.2, -0.15) is 0 Å². The number of fused-ring (bicyclic) bond motifs is 1. The molecular weight excluding hydrogens is 303 g/mol. The number of amides is 1. The molecule has 1 heterocycles. The summed E-state index contributed by atoms with van der Waals surface area (Å²) < 4.78 is 14.0. The van der Waals surface area contributed by atoms with Crippen molar-refractivity contribution < 1.29 is 9.18 Å². The maximum absolute atomic E-state index is 14.0. The van der Waals surface area contributed by atoms with E-state index in [1.165, 1.54) is 6.07 Å². The largest absolute Gasteiger partial charge is 0.319 e. The Morgan fingerprint density at radius 1 is 1.12 bits per heavy atom. The zero-order valence-electron chi connectivity index (χ0n) is 13.9. The number of halogens is 1. The van der Waals surface area contributed by atoms with E-state index in [1.807, 2.05) is 38.1 Å². The maximum atomic E-state index is 14.0. The molecule has 0 unspecified atom stereocenters. The molecule has 1 amide bonds. The molecule has 3 rings (SSSR count). The third-order valence-corrected chi connectivity index (χ3v) is 3.94. The molecule has 0 aliphatic heterocycles. The van der Waals surface area contributed by atoms with E-state index in [2.05, 4.69) is 10.3 Å². The molecule has 0 atom stereocenters. The van der Waals surface area contributed by atoms with Crippen LogP contribution >= 0.6 is 0 Å². The average molecular weight is 322 g/mol. The van der Waals surface area contributed by atoms with Gasteiger partial charge in [-0.15, -0.1) is 0 Å². The number of nitrogens with zero attached hydrogens (tertiary/aromatic N) is 1. The van der Waals surface area contributed by atoms with Gasteiger partial charge < -0.3 is 5.32 Å². The minimum absolute atomic E-state index is 0.178. The minimum atomic E-state index is -0.439. The van der Waals surface area contributed by atoms with Gasteiger partial charge in [0.05, 0.1) is 16.8 Å². The molecule has 0 aliphatic rings. The molecule has 0 bridgehead atoms. The van der Waals surface area contributed by atoms with Crippen LogP contribution in [-0.2, 0) is 0 Å². The summed E-state index contributed by atoms with van der Waals surface area (Å²) in [7, 11) is 0. The fourth-order valence-electron chi connectivity index (χ4n) is 2.59. The number of nitrogens with one attached hydrogen (secondary N) is 1. The smallest absolute Gasteiger partial charge is 0.256 e. The van der Waals surface area contributed by atoms with E-state index in [0.29, 0.717) is 5.56 Å². The van der Waals surface area contributed by atoms with Gasteiger partial charge in [-0.05, 0) is 42.7 Å². The highest BCUT2D eigenvalue weighted by Gasteiger charge is 2.16. The highest BCUT2D eigenvalue weighted by Crippen LogP contribution is 2.24. The molecular formula is C20H19FN2O. The number of anilines is 1. The molecule has 0 saturated heterocycles. The lowest BCUT2D eigenvalue weighted by Crippen LogP contribution is -2.14. The van der Waals surface area contributed by atoms with Crippen molar-refractivity contribution >= 4 is 22.5 Å². The Hall–Kier alpha value is -2.75. The molecule has 1 aromatic heterocycles. The van der Waals surface area contributed by atoms with Crippen molar-refractivity contribution in [1.29, 1.82) is 0 Å². The van der Waals surface area contributed by atoms with Gasteiger partial charge in [0, 0.05) is 11.1 Å². The number of hydrogen-bond acceptors (Lipinski definition) is 2. The van der Waals surface area contributed by atoms with Crippen LogP contribution < -0.4 is 5.32 Å². The quantitative estimate of drug-likeness (QED) is 0.732. The van der Waals surface area contributed by atoms with Crippen molar-refractivity contribution in [1.82, 2.24) is 4.98 Å². The molecule has 1 N–H and O–H groups in total. The predicted molar refractivity (Wildman–Crippen MR) is 94.9 cm³/mol. The van der Waals surface area contributed by atoms with Crippen LogP contribution in [0.5, 0.6) is 0 Å². The van der Waals surface area contributed by atoms with E-state index >= 15 is 0 Å². The van der Waals surface area contributed by atoms with E-state index in [4.69, 9.17) is 0 Å². The zero-order chi connectivity index (χ0) is 17.3. The van der Waals surface area contributed by atoms with Gasteiger partial charge in [0.2, 0.25) is 0 Å². The molecule has 122 valence electrons. The number of hydrogen-bond donors (Lipinski definition) is 1. The molecule has 4 heteroatoms. The number of pyridine rings is 1. The Morgan fingerprint density at radius 2 is 1.88 bits per heavy atom. The van der Waals surface area contributed by atoms with Crippen LogP contribution in [0.4, 0.5) is 10.1 Å². The van der Waals surface area contributed by atoms with E-state index < -0.39 is 5.82 Å². The van der Waals surface area contributed by atoms with E-state index in [0.717, 1.165) is 22.2 Å². The summed E-state index contributed by atoms with van der Waals surface area (Å²) in [5.74, 6) is -0.582. The average Bonchev–Trinajstić information content (AvgIpc) is 2.56. The Bertz CT molecular complexity index is 919. The number of benzene rings is 2. The van der Waals surface area contributed by atoms with Gasteiger partial charge in [-0.1, -0.05) is 38.1 Å². The topological polar surface area (TPSA) is 42.0 Å². The first-order chi connectivity index (χ1) is 11.5. The third-order valence-electron chi connectivity index (χ3n) is 3.94. The van der Waals surface area contributed by atoms with Gasteiger partial charge >= 0.3 is 0 Å². The van der Waals surface area contributed by atoms with Crippen LogP contribution in [-0.4, -0.2) is 10.9 Å². The maximum Gasteiger partial charge on any atom is 0.256 e. The monoisotopic (exact) mass is 322 g/mol. The molecule has 0 spiro atoms. The Labute approximate surface area is 140 Å². The Morgan fingerprint density at radius 3 is 2.58 bits per heavy atom. The lowest BCUT2D eigenvalue weighted by Gasteiger charge is -2.12. The van der Waals surface area contributed by atoms with Crippen molar-refractivity contribution in [2.75, 3.05) is 5.32 Å². The van der Waals surface area contributed by atoms with Gasteiger partial charge in [-0.25, -0.2) is 4.39 Å². The van der Waals surface area contributed by atoms with E-state index in [1.54, 1.807) is 25.1 Å². The summed E-state index contributed by atoms with van der Waals surface area (Å²) in [6.07, 6.45) is 0. The second-order valence-corrected chi connectivity index (χ2v) is 6.20. The van der Waals surface area contributed by atoms with E-state index in [9.17, 15) is 9.18 Å². The van der Waals surface area contributed by atoms with Crippen molar-refractivity contribution in [3.05, 3.63) is 71.2 Å². The molecule has 2 aromatic carbocycles. The molecule has 24 heavy (non-hydrogen) atoms. The second-order valence-electron chi connectivity index (χ2n) is 6.20. The van der Waals surface area contributed by atoms with Crippen LogP contribution in [0.2, 0.25) is 0 Å². The number of aromatic nitrogens is 1. The third kappa shape index (κ3) is 3.13. The van der Waals surface area contributed by atoms with Crippen LogP contribution in [0.1, 0.15) is 41.4 Å². The highest BCUT2D eigenvalue weighted by molar-refractivity contribution is 6.12. The molecule has 3 aromatic rings. The summed E-state index contributed by atoms with van der Waals surface area (Å²) >= 11 is 0. The minimum Gasteiger partial charge on any atom is -0.319 e. The number of aryl methyl sites for hydroxylation is 1. The summed E-state index contributed by atoms with van der Waals surface area (Å²) in [4.78, 5) is 17.3. The number of rotatable bonds is 3. The highest BCUT2D eigenvalue weighted by atomic mass is 19.1. The standard InChI is InChI=1S/C20H19FN2O/c1-12(2)19-11-15(14-6-4-5-7-17(14)22-19)20(24)23-18-9-8-13(3)10-16(18)21/h4-12H,1-3H3,(H,23,24). The van der Waals surface area contributed by atoms with E-state index in [-0.39, 0.29) is 17.5 Å². The number of carbonyl (C=O) groups excluding carboxylic acids is 1. The lowest BCUT2D eigenvalue weighted by molar-refractivity contribution is 0.102. The zero-order valence-corrected chi connectivity index (χ0v) is 13.9. The molecule has 0 saturated carbocycles. The Kier molecular flexibility index (Phi) is 4.30. The predicted octanol–water partition coefficient (Wildman–Crippen LogP) is 5.06. The normalized spacial score (nSPS) is 11.0. The van der Waals surface area contributed by atoms with Crippen molar-refractivity contribution in [3.63, 3.8) is 0 Å². The first-order valence-electron chi connectivity index (χ1n) is 7.93. The molecule has 0 radical (unpaired) electrons. The SMILES string of the molecule is Cc1ccc(NC(=O)c2cc(C(C)C)nc3ccccc23)c(F)c1. The summed E-state index contributed by atoms with van der Waals surface area (Å²) in [5.41, 5.74) is 3.09. The second kappa shape index (κ2) is 6.40. The van der Waals surface area contributed by atoms with Gasteiger partial charge in [-0.3, -0.25) is 9.78 Å². The fraction of sp³-hybridized carbons (Fsp3) is 0.200. The fourth-order valence-corrected chi connectivity index (χ4v) is 2.59.